The van der Waals surface area contributed by atoms with E-state index >= 15 is 0 Å². The van der Waals surface area contributed by atoms with Gasteiger partial charge in [0.2, 0.25) is 0 Å². The van der Waals surface area contributed by atoms with Crippen LogP contribution in [0.15, 0.2) is 46.9 Å². The fraction of sp³-hybridized carbons (Fsp3) is 0.200. The summed E-state index contributed by atoms with van der Waals surface area (Å²) in [5.41, 5.74) is 2.33. The Morgan fingerprint density at radius 1 is 1.21 bits per heavy atom. The third-order valence-electron chi connectivity index (χ3n) is 3.06. The highest BCUT2D eigenvalue weighted by Crippen LogP contribution is 2.25. The Morgan fingerprint density at radius 2 is 1.89 bits per heavy atom. The quantitative estimate of drug-likeness (QED) is 0.689. The molecule has 0 spiro atoms. The highest BCUT2D eigenvalue weighted by Gasteiger charge is 2.12. The second-order valence-corrected chi connectivity index (χ2v) is 6.43. The van der Waals surface area contributed by atoms with Crippen molar-refractivity contribution in [3.63, 3.8) is 0 Å². The third-order valence-corrected chi connectivity index (χ3v) is 4.52. The van der Waals surface area contributed by atoms with Crippen LogP contribution in [0.4, 0.5) is 4.39 Å². The van der Waals surface area contributed by atoms with Crippen LogP contribution < -0.4 is 5.32 Å². The van der Waals surface area contributed by atoms with Crippen molar-refractivity contribution >= 4 is 38.5 Å². The van der Waals surface area contributed by atoms with Crippen molar-refractivity contribution in [2.45, 2.75) is 12.5 Å². The molecule has 1 nitrogen and oxygen atoms in total. The standard InChI is InChI=1S/C15H14BrFIN/c1-19-15(10-3-6-13(18)7-4-10)8-11-2-5-12(17)9-14(11)16/h2-7,9,15,19H,8H2,1H3. The molecule has 0 bridgehead atoms. The van der Waals surface area contributed by atoms with Crippen LogP contribution >= 0.6 is 38.5 Å². The van der Waals surface area contributed by atoms with Gasteiger partial charge in [-0.3, -0.25) is 0 Å². The number of rotatable bonds is 4. The molecular weight excluding hydrogens is 420 g/mol. The van der Waals surface area contributed by atoms with Gasteiger partial charge in [0.25, 0.3) is 0 Å². The van der Waals surface area contributed by atoms with E-state index in [1.165, 1.54) is 21.3 Å². The lowest BCUT2D eigenvalue weighted by atomic mass is 9.99. The summed E-state index contributed by atoms with van der Waals surface area (Å²) in [6.07, 6.45) is 0.817. The first-order chi connectivity index (χ1) is 9.10. The average molecular weight is 434 g/mol. The lowest BCUT2D eigenvalue weighted by Gasteiger charge is -2.17. The summed E-state index contributed by atoms with van der Waals surface area (Å²) in [5, 5.41) is 3.31. The molecule has 0 fully saturated rings. The maximum atomic E-state index is 13.1. The predicted octanol–water partition coefficient (Wildman–Crippen LogP) is 4.70. The summed E-state index contributed by atoms with van der Waals surface area (Å²) in [7, 11) is 1.94. The number of halogens is 3. The van der Waals surface area contributed by atoms with Crippen molar-refractivity contribution in [3.05, 3.63) is 67.5 Å². The van der Waals surface area contributed by atoms with E-state index in [1.54, 1.807) is 0 Å². The molecule has 4 heteroatoms. The van der Waals surface area contributed by atoms with Crippen molar-refractivity contribution in [2.24, 2.45) is 0 Å². The van der Waals surface area contributed by atoms with Crippen LogP contribution in [0.5, 0.6) is 0 Å². The molecule has 1 atom stereocenters. The van der Waals surface area contributed by atoms with E-state index in [0.29, 0.717) is 0 Å². The molecule has 2 aromatic rings. The lowest BCUT2D eigenvalue weighted by Crippen LogP contribution is -2.19. The molecular formula is C15H14BrFIN. The molecule has 100 valence electrons. The molecule has 1 N–H and O–H groups in total. The van der Waals surface area contributed by atoms with E-state index in [2.05, 4.69) is 68.1 Å². The highest BCUT2D eigenvalue weighted by molar-refractivity contribution is 14.1. The zero-order valence-corrected chi connectivity index (χ0v) is 14.2. The van der Waals surface area contributed by atoms with E-state index in [0.717, 1.165) is 16.5 Å². The Kier molecular flexibility index (Phi) is 5.36. The minimum atomic E-state index is -0.217. The van der Waals surface area contributed by atoms with E-state index in [4.69, 9.17) is 0 Å². The molecule has 0 radical (unpaired) electrons. The van der Waals surface area contributed by atoms with Crippen molar-refractivity contribution in [2.75, 3.05) is 7.05 Å². The molecule has 19 heavy (non-hydrogen) atoms. The first kappa shape index (κ1) is 14.9. The smallest absolute Gasteiger partial charge is 0.124 e. The van der Waals surface area contributed by atoms with E-state index in [-0.39, 0.29) is 11.9 Å². The van der Waals surface area contributed by atoms with Gasteiger partial charge in [0.1, 0.15) is 5.82 Å². The van der Waals surface area contributed by atoms with Crippen LogP contribution in [-0.4, -0.2) is 7.05 Å². The predicted molar refractivity (Wildman–Crippen MR) is 88.8 cm³/mol. The summed E-state index contributed by atoms with van der Waals surface area (Å²) in [6, 6.07) is 13.5. The number of nitrogens with one attached hydrogen (secondary N) is 1. The third kappa shape index (κ3) is 4.00. The molecule has 2 rings (SSSR count). The maximum absolute atomic E-state index is 13.1. The highest BCUT2D eigenvalue weighted by atomic mass is 127. The molecule has 0 heterocycles. The van der Waals surface area contributed by atoms with Gasteiger partial charge in [-0.15, -0.1) is 0 Å². The van der Waals surface area contributed by atoms with Gasteiger partial charge in [-0.25, -0.2) is 4.39 Å². The summed E-state index contributed by atoms with van der Waals surface area (Å²) in [4.78, 5) is 0. The van der Waals surface area contributed by atoms with E-state index in [1.807, 2.05) is 13.1 Å². The molecule has 0 aliphatic rings. The Hall–Kier alpha value is -0.460. The van der Waals surface area contributed by atoms with Crippen LogP contribution in [-0.2, 0) is 6.42 Å². The van der Waals surface area contributed by atoms with Gasteiger partial charge in [-0.1, -0.05) is 34.1 Å². The monoisotopic (exact) mass is 433 g/mol. The minimum Gasteiger partial charge on any atom is -0.313 e. The Bertz CT molecular complexity index is 557. The van der Waals surface area contributed by atoms with Gasteiger partial charge in [-0.05, 0) is 71.5 Å². The minimum absolute atomic E-state index is 0.217. The van der Waals surface area contributed by atoms with Crippen molar-refractivity contribution in [1.82, 2.24) is 5.32 Å². The second kappa shape index (κ2) is 6.81. The summed E-state index contributed by atoms with van der Waals surface area (Å²) in [5.74, 6) is -0.217. The van der Waals surface area contributed by atoms with Crippen molar-refractivity contribution < 1.29 is 4.39 Å². The SMILES string of the molecule is CNC(Cc1ccc(F)cc1Br)c1ccc(I)cc1. The zero-order valence-electron chi connectivity index (χ0n) is 10.5. The molecule has 0 saturated carbocycles. The zero-order chi connectivity index (χ0) is 13.8. The Labute approximate surface area is 134 Å². The lowest BCUT2D eigenvalue weighted by molar-refractivity contribution is 0.587. The number of hydrogen-bond acceptors (Lipinski definition) is 1. The van der Waals surface area contributed by atoms with E-state index in [9.17, 15) is 4.39 Å². The van der Waals surface area contributed by atoms with Gasteiger partial charge in [0.15, 0.2) is 0 Å². The molecule has 1 unspecified atom stereocenters. The number of hydrogen-bond donors (Lipinski definition) is 1. The Morgan fingerprint density at radius 3 is 2.47 bits per heavy atom. The van der Waals surface area contributed by atoms with Crippen LogP contribution in [0.1, 0.15) is 17.2 Å². The second-order valence-electron chi connectivity index (χ2n) is 4.33. The van der Waals surface area contributed by atoms with E-state index < -0.39 is 0 Å². The van der Waals surface area contributed by atoms with Gasteiger partial charge in [0.05, 0.1) is 0 Å². The van der Waals surface area contributed by atoms with Crippen LogP contribution in [0.2, 0.25) is 0 Å². The summed E-state index contributed by atoms with van der Waals surface area (Å²) >= 11 is 5.71. The first-order valence-electron chi connectivity index (χ1n) is 5.97. The fourth-order valence-electron chi connectivity index (χ4n) is 1.99. The van der Waals surface area contributed by atoms with Crippen LogP contribution in [0.3, 0.4) is 0 Å². The fourth-order valence-corrected chi connectivity index (χ4v) is 2.86. The molecule has 2 aromatic carbocycles. The topological polar surface area (TPSA) is 12.0 Å². The summed E-state index contributed by atoms with van der Waals surface area (Å²) < 4.78 is 15.1. The largest absolute Gasteiger partial charge is 0.313 e. The molecule has 0 aliphatic carbocycles. The Balaban J connectivity index is 2.21. The van der Waals surface area contributed by atoms with Gasteiger partial charge < -0.3 is 5.32 Å². The molecule has 0 aromatic heterocycles. The van der Waals surface area contributed by atoms with Crippen LogP contribution in [0, 0.1) is 9.39 Å². The normalized spacial score (nSPS) is 12.4. The van der Waals surface area contributed by atoms with Gasteiger partial charge >= 0.3 is 0 Å². The van der Waals surface area contributed by atoms with Gasteiger partial charge in [0, 0.05) is 14.1 Å². The number of likely N-dealkylation sites (N-methyl/N-ethyl adjacent to an activating group) is 1. The van der Waals surface area contributed by atoms with Crippen molar-refractivity contribution in [1.29, 1.82) is 0 Å². The van der Waals surface area contributed by atoms with Crippen molar-refractivity contribution in [3.8, 4) is 0 Å². The molecule has 0 saturated heterocycles. The molecule has 0 amide bonds. The van der Waals surface area contributed by atoms with Crippen LogP contribution in [0.25, 0.3) is 0 Å². The summed E-state index contributed by atoms with van der Waals surface area (Å²) in [6.45, 7) is 0. The average Bonchev–Trinajstić information content (AvgIpc) is 2.39. The first-order valence-corrected chi connectivity index (χ1v) is 7.84. The maximum Gasteiger partial charge on any atom is 0.124 e. The van der Waals surface area contributed by atoms with Gasteiger partial charge in [-0.2, -0.15) is 0 Å². The molecule has 0 aliphatic heterocycles. The number of benzene rings is 2.